The normalized spacial score (nSPS) is 15.2. The van der Waals surface area contributed by atoms with Gasteiger partial charge in [0.15, 0.2) is 0 Å². The number of rotatable bonds is 8. The molecule has 0 fully saturated rings. The van der Waals surface area contributed by atoms with Crippen LogP contribution in [0.1, 0.15) is 28.7 Å². The number of carbonyl (C=O) groups is 1. The highest BCUT2D eigenvalue weighted by Gasteiger charge is 2.30. The van der Waals surface area contributed by atoms with Crippen LogP contribution in [0.25, 0.3) is 0 Å². The van der Waals surface area contributed by atoms with E-state index >= 15 is 0 Å². The summed E-state index contributed by atoms with van der Waals surface area (Å²) in [6.45, 7) is 1.28. The molecule has 1 heterocycles. The Labute approximate surface area is 184 Å². The van der Waals surface area contributed by atoms with E-state index in [0.717, 1.165) is 34.9 Å². The summed E-state index contributed by atoms with van der Waals surface area (Å²) in [5.74, 6) is -1.56. The fourth-order valence-corrected chi connectivity index (χ4v) is 3.39. The Kier molecular flexibility index (Phi) is 6.87. The molecule has 4 rings (SSSR count). The second-order valence-electron chi connectivity index (χ2n) is 7.48. The second kappa shape index (κ2) is 10.2. The van der Waals surface area contributed by atoms with Crippen LogP contribution in [0.5, 0.6) is 0 Å². The molecule has 5 nitrogen and oxygen atoms in total. The van der Waals surface area contributed by atoms with Gasteiger partial charge in [0, 0.05) is 18.5 Å². The number of hydrogen-bond acceptors (Lipinski definition) is 4. The van der Waals surface area contributed by atoms with Crippen molar-refractivity contribution in [1.29, 1.82) is 0 Å². The molecule has 1 aliphatic rings. The van der Waals surface area contributed by atoms with Gasteiger partial charge in [-0.15, -0.1) is 0 Å². The number of nitrogens with zero attached hydrogens (tertiary/aromatic N) is 1. The highest BCUT2D eigenvalue weighted by atomic mass is 19.1. The van der Waals surface area contributed by atoms with E-state index < -0.39 is 17.7 Å². The summed E-state index contributed by atoms with van der Waals surface area (Å²) in [4.78, 5) is 17.6. The standard InChI is InChI=1S/C25H22F2N2O3/c26-20-9-10-22(27)21(12-20)23-13-24(32-29-23)25(30)28-14-18-7-4-8-19(11-18)16-31-15-17-5-2-1-3-6-17/h1-12,24H,13-16H2,(H,28,30). The topological polar surface area (TPSA) is 59.9 Å². The first kappa shape index (κ1) is 21.6. The van der Waals surface area contributed by atoms with Crippen LogP contribution in [0.2, 0.25) is 0 Å². The summed E-state index contributed by atoms with van der Waals surface area (Å²) >= 11 is 0. The van der Waals surface area contributed by atoms with Gasteiger partial charge in [0.05, 0.1) is 18.9 Å². The summed E-state index contributed by atoms with van der Waals surface area (Å²) in [5.41, 5.74) is 3.22. The summed E-state index contributed by atoms with van der Waals surface area (Å²) in [7, 11) is 0. The van der Waals surface area contributed by atoms with E-state index in [9.17, 15) is 13.6 Å². The maximum atomic E-state index is 13.9. The minimum Gasteiger partial charge on any atom is -0.382 e. The number of hydrogen-bond donors (Lipinski definition) is 1. The smallest absolute Gasteiger partial charge is 0.264 e. The van der Waals surface area contributed by atoms with Crippen LogP contribution >= 0.6 is 0 Å². The molecule has 32 heavy (non-hydrogen) atoms. The lowest BCUT2D eigenvalue weighted by Gasteiger charge is -2.11. The summed E-state index contributed by atoms with van der Waals surface area (Å²) in [5, 5.41) is 6.57. The Morgan fingerprint density at radius 3 is 2.56 bits per heavy atom. The van der Waals surface area contributed by atoms with Crippen molar-refractivity contribution < 1.29 is 23.1 Å². The van der Waals surface area contributed by atoms with Crippen LogP contribution in [-0.4, -0.2) is 17.7 Å². The van der Waals surface area contributed by atoms with Crippen LogP contribution in [0.4, 0.5) is 8.78 Å². The summed E-state index contributed by atoms with van der Waals surface area (Å²) in [6.07, 6.45) is -0.815. The van der Waals surface area contributed by atoms with Crippen molar-refractivity contribution in [2.75, 3.05) is 0 Å². The number of oxime groups is 1. The number of ether oxygens (including phenoxy) is 1. The minimum atomic E-state index is -0.884. The molecule has 3 aromatic rings. The number of carbonyl (C=O) groups excluding carboxylic acids is 1. The van der Waals surface area contributed by atoms with Crippen molar-refractivity contribution in [2.45, 2.75) is 32.3 Å². The molecule has 3 aromatic carbocycles. The van der Waals surface area contributed by atoms with Crippen molar-refractivity contribution in [3.8, 4) is 0 Å². The van der Waals surface area contributed by atoms with Crippen LogP contribution in [-0.2, 0) is 34.1 Å². The Bertz CT molecular complexity index is 1120. The van der Waals surface area contributed by atoms with Crippen LogP contribution < -0.4 is 5.32 Å². The number of benzene rings is 3. The largest absolute Gasteiger partial charge is 0.382 e. The van der Waals surface area contributed by atoms with Gasteiger partial charge >= 0.3 is 0 Å². The zero-order valence-electron chi connectivity index (χ0n) is 17.3. The predicted molar refractivity (Wildman–Crippen MR) is 116 cm³/mol. The van der Waals surface area contributed by atoms with Crippen LogP contribution in [0, 0.1) is 11.6 Å². The van der Waals surface area contributed by atoms with E-state index in [1.165, 1.54) is 0 Å². The molecular weight excluding hydrogens is 414 g/mol. The third-order valence-electron chi connectivity index (χ3n) is 5.04. The Morgan fingerprint density at radius 2 is 1.72 bits per heavy atom. The molecule has 0 bridgehead atoms. The monoisotopic (exact) mass is 436 g/mol. The molecule has 0 saturated heterocycles. The van der Waals surface area contributed by atoms with Gasteiger partial charge in [-0.1, -0.05) is 59.8 Å². The first-order valence-electron chi connectivity index (χ1n) is 10.2. The number of amides is 1. The van der Waals surface area contributed by atoms with E-state index in [-0.39, 0.29) is 23.6 Å². The lowest BCUT2D eigenvalue weighted by atomic mass is 10.0. The summed E-state index contributed by atoms with van der Waals surface area (Å²) < 4.78 is 33.1. The molecule has 7 heteroatoms. The SMILES string of the molecule is O=C(NCc1cccc(COCc2ccccc2)c1)C1CC(c2cc(F)ccc2F)=NO1. The minimum absolute atomic E-state index is 0.00324. The molecule has 0 radical (unpaired) electrons. The second-order valence-corrected chi connectivity index (χ2v) is 7.48. The van der Waals surface area contributed by atoms with Gasteiger partial charge in [-0.2, -0.15) is 0 Å². The first-order chi connectivity index (χ1) is 15.6. The fourth-order valence-electron chi connectivity index (χ4n) is 3.39. The van der Waals surface area contributed by atoms with Crippen molar-refractivity contribution in [1.82, 2.24) is 5.32 Å². The molecule has 0 aromatic heterocycles. The molecule has 1 amide bonds. The Morgan fingerprint density at radius 1 is 0.969 bits per heavy atom. The zero-order valence-corrected chi connectivity index (χ0v) is 17.3. The average molecular weight is 436 g/mol. The zero-order chi connectivity index (χ0) is 22.3. The third kappa shape index (κ3) is 5.56. The van der Waals surface area contributed by atoms with E-state index in [1.807, 2.05) is 54.6 Å². The number of nitrogens with one attached hydrogen (secondary N) is 1. The van der Waals surface area contributed by atoms with Crippen molar-refractivity contribution in [3.05, 3.63) is 107 Å². The molecule has 0 aliphatic carbocycles. The van der Waals surface area contributed by atoms with Crippen LogP contribution in [0.15, 0.2) is 78.0 Å². The maximum Gasteiger partial charge on any atom is 0.264 e. The Balaban J connectivity index is 1.26. The van der Waals surface area contributed by atoms with Gasteiger partial charge in [-0.25, -0.2) is 8.78 Å². The molecular formula is C25H22F2N2O3. The van der Waals surface area contributed by atoms with Crippen molar-refractivity contribution in [2.24, 2.45) is 5.16 Å². The van der Waals surface area contributed by atoms with Crippen LogP contribution in [0.3, 0.4) is 0 Å². The fraction of sp³-hybridized carbons (Fsp3) is 0.200. The predicted octanol–water partition coefficient (Wildman–Crippen LogP) is 4.49. The van der Waals surface area contributed by atoms with Gasteiger partial charge in [0.2, 0.25) is 6.10 Å². The van der Waals surface area contributed by atoms with Gasteiger partial charge in [-0.05, 0) is 34.9 Å². The molecule has 0 spiro atoms. The molecule has 1 N–H and O–H groups in total. The van der Waals surface area contributed by atoms with Gasteiger partial charge in [0.1, 0.15) is 11.6 Å². The molecule has 1 unspecified atom stereocenters. The average Bonchev–Trinajstić information content (AvgIpc) is 3.30. The highest BCUT2D eigenvalue weighted by Crippen LogP contribution is 2.20. The first-order valence-corrected chi connectivity index (χ1v) is 10.2. The summed E-state index contributed by atoms with van der Waals surface area (Å²) in [6, 6.07) is 20.8. The number of halogens is 2. The van der Waals surface area contributed by atoms with E-state index in [0.29, 0.717) is 19.8 Å². The van der Waals surface area contributed by atoms with Gasteiger partial charge < -0.3 is 14.9 Å². The third-order valence-corrected chi connectivity index (χ3v) is 5.04. The van der Waals surface area contributed by atoms with Gasteiger partial charge in [-0.3, -0.25) is 4.79 Å². The Hall–Kier alpha value is -3.58. The van der Waals surface area contributed by atoms with E-state index in [1.54, 1.807) is 0 Å². The molecule has 1 atom stereocenters. The highest BCUT2D eigenvalue weighted by molar-refractivity contribution is 6.04. The lowest BCUT2D eigenvalue weighted by Crippen LogP contribution is -2.34. The molecule has 0 saturated carbocycles. The van der Waals surface area contributed by atoms with Gasteiger partial charge in [0.25, 0.3) is 5.91 Å². The quantitative estimate of drug-likeness (QED) is 0.566. The lowest BCUT2D eigenvalue weighted by molar-refractivity contribution is -0.131. The van der Waals surface area contributed by atoms with E-state index in [4.69, 9.17) is 9.57 Å². The van der Waals surface area contributed by atoms with E-state index in [2.05, 4.69) is 10.5 Å². The maximum absolute atomic E-state index is 13.9. The molecule has 1 aliphatic heterocycles. The molecule has 164 valence electrons. The van der Waals surface area contributed by atoms with Crippen molar-refractivity contribution in [3.63, 3.8) is 0 Å². The van der Waals surface area contributed by atoms with Crippen molar-refractivity contribution >= 4 is 11.6 Å².